The maximum atomic E-state index is 13.9. The lowest BCUT2D eigenvalue weighted by molar-refractivity contribution is 0.576. The van der Waals surface area contributed by atoms with Crippen LogP contribution >= 0.6 is 0 Å². The first kappa shape index (κ1) is 12.1. The van der Waals surface area contributed by atoms with E-state index in [2.05, 4.69) is 5.10 Å². The summed E-state index contributed by atoms with van der Waals surface area (Å²) in [7, 11) is 0. The Kier molecular flexibility index (Phi) is 3.02. The van der Waals surface area contributed by atoms with Crippen molar-refractivity contribution in [2.75, 3.05) is 5.73 Å². The van der Waals surface area contributed by atoms with Crippen LogP contribution in [0.3, 0.4) is 0 Å². The first-order valence-corrected chi connectivity index (χ1v) is 5.51. The van der Waals surface area contributed by atoms with Crippen LogP contribution in [-0.2, 0) is 6.54 Å². The van der Waals surface area contributed by atoms with E-state index in [-0.39, 0.29) is 12.1 Å². The van der Waals surface area contributed by atoms with Crippen LogP contribution < -0.4 is 5.73 Å². The second kappa shape index (κ2) is 4.49. The van der Waals surface area contributed by atoms with Gasteiger partial charge in [-0.15, -0.1) is 0 Å². The fraction of sp³-hybridized carbons (Fsp3) is 0.231. The van der Waals surface area contributed by atoms with Gasteiger partial charge >= 0.3 is 0 Å². The van der Waals surface area contributed by atoms with Gasteiger partial charge in [0, 0.05) is 5.56 Å². The molecule has 1 aromatic heterocycles. The van der Waals surface area contributed by atoms with E-state index in [1.54, 1.807) is 23.7 Å². The molecule has 0 radical (unpaired) electrons. The van der Waals surface area contributed by atoms with Crippen molar-refractivity contribution in [3.63, 3.8) is 0 Å². The smallest absolute Gasteiger partial charge is 0.146 e. The number of hydrogen-bond acceptors (Lipinski definition) is 3. The zero-order chi connectivity index (χ0) is 13.3. The monoisotopic (exact) mass is 244 g/mol. The molecule has 0 atom stereocenters. The SMILES string of the molecule is Cc1nn(Cc2cccc(C#N)c2F)c(C)c1N. The molecule has 0 amide bonds. The first-order valence-electron chi connectivity index (χ1n) is 5.51. The summed E-state index contributed by atoms with van der Waals surface area (Å²) in [5, 5.41) is 13.0. The molecule has 4 nitrogen and oxygen atoms in total. The van der Waals surface area contributed by atoms with E-state index in [0.717, 1.165) is 11.4 Å². The van der Waals surface area contributed by atoms with Gasteiger partial charge in [-0.25, -0.2) is 4.39 Å². The van der Waals surface area contributed by atoms with Crippen molar-refractivity contribution in [1.29, 1.82) is 5.26 Å². The van der Waals surface area contributed by atoms with Gasteiger partial charge in [-0.05, 0) is 19.9 Å². The van der Waals surface area contributed by atoms with E-state index in [1.165, 1.54) is 6.07 Å². The van der Waals surface area contributed by atoms with Crippen LogP contribution in [0.25, 0.3) is 0 Å². The topological polar surface area (TPSA) is 67.6 Å². The number of halogens is 1. The maximum Gasteiger partial charge on any atom is 0.146 e. The van der Waals surface area contributed by atoms with Crippen molar-refractivity contribution in [3.8, 4) is 6.07 Å². The van der Waals surface area contributed by atoms with E-state index < -0.39 is 5.82 Å². The van der Waals surface area contributed by atoms with E-state index in [1.807, 2.05) is 13.0 Å². The van der Waals surface area contributed by atoms with Gasteiger partial charge in [0.2, 0.25) is 0 Å². The quantitative estimate of drug-likeness (QED) is 0.880. The lowest BCUT2D eigenvalue weighted by atomic mass is 10.1. The van der Waals surface area contributed by atoms with Gasteiger partial charge in [0.15, 0.2) is 0 Å². The molecule has 0 saturated carbocycles. The average Bonchev–Trinajstić information content (AvgIpc) is 2.60. The van der Waals surface area contributed by atoms with E-state index >= 15 is 0 Å². The Hall–Kier alpha value is -2.35. The minimum absolute atomic E-state index is 0.0435. The summed E-state index contributed by atoms with van der Waals surface area (Å²) in [6, 6.07) is 6.58. The Labute approximate surface area is 104 Å². The summed E-state index contributed by atoms with van der Waals surface area (Å²) in [6.07, 6.45) is 0. The fourth-order valence-corrected chi connectivity index (χ4v) is 1.81. The Bertz CT molecular complexity index is 637. The molecule has 5 heteroatoms. The van der Waals surface area contributed by atoms with Crippen LogP contribution in [0, 0.1) is 31.0 Å². The van der Waals surface area contributed by atoms with Crippen LogP contribution in [0.4, 0.5) is 10.1 Å². The van der Waals surface area contributed by atoms with Crippen molar-refractivity contribution in [3.05, 3.63) is 46.5 Å². The van der Waals surface area contributed by atoms with Crippen LogP contribution in [0.1, 0.15) is 22.5 Å². The van der Waals surface area contributed by atoms with Gasteiger partial charge in [-0.1, -0.05) is 12.1 Å². The fourth-order valence-electron chi connectivity index (χ4n) is 1.81. The third-order valence-corrected chi connectivity index (χ3v) is 2.96. The van der Waals surface area contributed by atoms with Crippen LogP contribution in [0.15, 0.2) is 18.2 Å². The molecular formula is C13H13FN4. The number of aromatic nitrogens is 2. The van der Waals surface area contributed by atoms with Crippen molar-refractivity contribution < 1.29 is 4.39 Å². The lowest BCUT2D eigenvalue weighted by Gasteiger charge is -2.06. The summed E-state index contributed by atoms with van der Waals surface area (Å²) in [5.74, 6) is -0.494. The number of aryl methyl sites for hydroxylation is 1. The summed E-state index contributed by atoms with van der Waals surface area (Å²) in [4.78, 5) is 0. The number of nitrogen functional groups attached to an aromatic ring is 1. The lowest BCUT2D eigenvalue weighted by Crippen LogP contribution is -2.07. The highest BCUT2D eigenvalue weighted by Crippen LogP contribution is 2.18. The Morgan fingerprint density at radius 3 is 2.72 bits per heavy atom. The highest BCUT2D eigenvalue weighted by atomic mass is 19.1. The zero-order valence-corrected chi connectivity index (χ0v) is 10.2. The standard InChI is InChI=1S/C13H13FN4/c1-8-13(16)9(2)18(17-8)7-11-5-3-4-10(6-15)12(11)14/h3-5H,7,16H2,1-2H3. The van der Waals surface area contributed by atoms with Gasteiger partial charge < -0.3 is 5.73 Å². The first-order chi connectivity index (χ1) is 8.54. The second-order valence-electron chi connectivity index (χ2n) is 4.13. The van der Waals surface area contributed by atoms with Crippen molar-refractivity contribution in [2.45, 2.75) is 20.4 Å². The minimum atomic E-state index is -0.494. The van der Waals surface area contributed by atoms with Crippen LogP contribution in [0.5, 0.6) is 0 Å². The largest absolute Gasteiger partial charge is 0.396 e. The molecule has 1 heterocycles. The molecular weight excluding hydrogens is 231 g/mol. The summed E-state index contributed by atoms with van der Waals surface area (Å²) in [5.41, 5.74) is 8.44. The Morgan fingerprint density at radius 2 is 2.17 bits per heavy atom. The highest BCUT2D eigenvalue weighted by Gasteiger charge is 2.12. The third-order valence-electron chi connectivity index (χ3n) is 2.96. The molecule has 92 valence electrons. The van der Waals surface area contributed by atoms with Crippen molar-refractivity contribution in [1.82, 2.24) is 9.78 Å². The predicted octanol–water partition coefficient (Wildman–Crippen LogP) is 2.14. The third kappa shape index (κ3) is 1.93. The number of nitrogens with zero attached hydrogens (tertiary/aromatic N) is 3. The molecule has 0 unspecified atom stereocenters. The van der Waals surface area contributed by atoms with Gasteiger partial charge in [-0.3, -0.25) is 4.68 Å². The molecule has 0 fully saturated rings. The minimum Gasteiger partial charge on any atom is -0.396 e. The number of rotatable bonds is 2. The summed E-state index contributed by atoms with van der Waals surface area (Å²) < 4.78 is 15.5. The van der Waals surface area contributed by atoms with Crippen molar-refractivity contribution in [2.24, 2.45) is 0 Å². The van der Waals surface area contributed by atoms with Crippen LogP contribution in [0.2, 0.25) is 0 Å². The molecule has 2 N–H and O–H groups in total. The van der Waals surface area contributed by atoms with Gasteiger partial charge in [0.05, 0.1) is 29.2 Å². The molecule has 0 spiro atoms. The van der Waals surface area contributed by atoms with Crippen molar-refractivity contribution >= 4 is 5.69 Å². The second-order valence-corrected chi connectivity index (χ2v) is 4.13. The molecule has 18 heavy (non-hydrogen) atoms. The molecule has 2 aromatic rings. The van der Waals surface area contributed by atoms with E-state index in [0.29, 0.717) is 11.3 Å². The molecule has 0 bridgehead atoms. The van der Waals surface area contributed by atoms with Gasteiger partial charge in [0.25, 0.3) is 0 Å². The Morgan fingerprint density at radius 1 is 1.44 bits per heavy atom. The van der Waals surface area contributed by atoms with E-state index in [9.17, 15) is 4.39 Å². The number of nitrogens with two attached hydrogens (primary N) is 1. The number of nitriles is 1. The van der Waals surface area contributed by atoms with Crippen LogP contribution in [-0.4, -0.2) is 9.78 Å². The van der Waals surface area contributed by atoms with E-state index in [4.69, 9.17) is 11.0 Å². The average molecular weight is 244 g/mol. The molecule has 0 aliphatic carbocycles. The highest BCUT2D eigenvalue weighted by molar-refractivity contribution is 5.47. The predicted molar refractivity (Wildman–Crippen MR) is 66.3 cm³/mol. The molecule has 0 aliphatic heterocycles. The molecule has 1 aromatic carbocycles. The Balaban J connectivity index is 2.41. The van der Waals surface area contributed by atoms with Gasteiger partial charge in [-0.2, -0.15) is 10.4 Å². The number of hydrogen-bond donors (Lipinski definition) is 1. The number of anilines is 1. The van der Waals surface area contributed by atoms with Gasteiger partial charge in [0.1, 0.15) is 11.9 Å². The number of benzene rings is 1. The summed E-state index contributed by atoms with van der Waals surface area (Å²) in [6.45, 7) is 3.91. The molecule has 2 rings (SSSR count). The normalized spacial score (nSPS) is 10.3. The zero-order valence-electron chi connectivity index (χ0n) is 10.2. The maximum absolute atomic E-state index is 13.9. The molecule has 0 saturated heterocycles. The summed E-state index contributed by atoms with van der Waals surface area (Å²) >= 11 is 0. The molecule has 0 aliphatic rings.